The van der Waals surface area contributed by atoms with Crippen LogP contribution in [0.15, 0.2) is 48.8 Å². The fraction of sp³-hybridized carbons (Fsp3) is 0.273. The molecule has 4 rings (SSSR count). The molecule has 1 aromatic carbocycles. The molecule has 2 N–H and O–H groups in total. The molecule has 5 heteroatoms. The lowest BCUT2D eigenvalue weighted by Crippen LogP contribution is -2.27. The van der Waals surface area contributed by atoms with Crippen LogP contribution in [0.1, 0.15) is 40.7 Å². The summed E-state index contributed by atoms with van der Waals surface area (Å²) in [4.78, 5) is 20.9. The quantitative estimate of drug-likeness (QED) is 0.545. The van der Waals surface area contributed by atoms with Gasteiger partial charge >= 0.3 is 0 Å². The van der Waals surface area contributed by atoms with Crippen LogP contribution in [0.5, 0.6) is 0 Å². The molecule has 0 radical (unpaired) electrons. The molecule has 0 atom stereocenters. The Labute approximate surface area is 158 Å². The van der Waals surface area contributed by atoms with Crippen molar-refractivity contribution in [1.82, 2.24) is 19.7 Å². The van der Waals surface area contributed by atoms with Gasteiger partial charge in [-0.15, -0.1) is 0 Å². The van der Waals surface area contributed by atoms with Crippen molar-refractivity contribution in [3.05, 3.63) is 71.3 Å². The van der Waals surface area contributed by atoms with Crippen molar-refractivity contribution in [2.24, 2.45) is 0 Å². The number of hydrogen-bond acceptors (Lipinski definition) is 2. The third-order valence-electron chi connectivity index (χ3n) is 4.90. The molecule has 27 heavy (non-hydrogen) atoms. The molecular formula is C22H24N4O. The molecule has 0 fully saturated rings. The number of carbonyl (C=O) groups is 1. The fourth-order valence-electron chi connectivity index (χ4n) is 3.58. The van der Waals surface area contributed by atoms with E-state index in [2.05, 4.69) is 34.3 Å². The Balaban J connectivity index is 1.54. The number of aryl methyl sites for hydroxylation is 2. The van der Waals surface area contributed by atoms with Gasteiger partial charge in [0.05, 0.1) is 5.69 Å². The smallest absolute Gasteiger partial charge is 0.270 e. The number of fused-ring (bicyclic) bond motifs is 2. The first kappa shape index (κ1) is 17.3. The highest BCUT2D eigenvalue weighted by Gasteiger charge is 2.18. The number of benzene rings is 1. The molecule has 0 saturated heterocycles. The van der Waals surface area contributed by atoms with E-state index in [1.54, 1.807) is 0 Å². The number of amides is 1. The summed E-state index contributed by atoms with van der Waals surface area (Å²) >= 11 is 0. The summed E-state index contributed by atoms with van der Waals surface area (Å²) in [6, 6.07) is 12.2. The number of aromatic amines is 1. The average molecular weight is 360 g/mol. The molecule has 4 aromatic rings. The van der Waals surface area contributed by atoms with Crippen molar-refractivity contribution >= 4 is 22.5 Å². The number of imidazole rings is 1. The van der Waals surface area contributed by atoms with Crippen LogP contribution < -0.4 is 5.32 Å². The van der Waals surface area contributed by atoms with Gasteiger partial charge in [-0.3, -0.25) is 9.20 Å². The van der Waals surface area contributed by atoms with Crippen molar-refractivity contribution in [2.45, 2.75) is 33.1 Å². The van der Waals surface area contributed by atoms with Crippen LogP contribution in [-0.2, 0) is 12.8 Å². The molecule has 0 aliphatic heterocycles. The number of nitrogens with zero attached hydrogens (tertiary/aromatic N) is 2. The summed E-state index contributed by atoms with van der Waals surface area (Å²) in [6.45, 7) is 4.72. The van der Waals surface area contributed by atoms with E-state index in [1.165, 1.54) is 10.9 Å². The maximum atomic E-state index is 12.9. The number of para-hydroxylation sites is 1. The molecular weight excluding hydrogens is 336 g/mol. The van der Waals surface area contributed by atoms with Gasteiger partial charge in [-0.25, -0.2) is 4.98 Å². The maximum absolute atomic E-state index is 12.9. The Morgan fingerprint density at radius 3 is 2.89 bits per heavy atom. The Bertz CT molecular complexity index is 1110. The number of nitrogens with one attached hydrogen (secondary N) is 2. The number of hydrogen-bond donors (Lipinski definition) is 2. The van der Waals surface area contributed by atoms with Crippen molar-refractivity contribution in [3.63, 3.8) is 0 Å². The highest BCUT2D eigenvalue weighted by atomic mass is 16.1. The van der Waals surface area contributed by atoms with Crippen molar-refractivity contribution < 1.29 is 4.79 Å². The highest BCUT2D eigenvalue weighted by molar-refractivity contribution is 5.94. The van der Waals surface area contributed by atoms with Crippen LogP contribution in [0.4, 0.5) is 0 Å². The Hall–Kier alpha value is -3.08. The zero-order valence-corrected chi connectivity index (χ0v) is 15.7. The van der Waals surface area contributed by atoms with E-state index in [9.17, 15) is 4.79 Å². The second kappa shape index (κ2) is 7.27. The Morgan fingerprint density at radius 1 is 1.19 bits per heavy atom. The second-order valence-electron chi connectivity index (χ2n) is 6.96. The minimum atomic E-state index is -0.0589. The molecule has 138 valence electrons. The third kappa shape index (κ3) is 3.33. The second-order valence-corrected chi connectivity index (χ2v) is 6.96. The summed E-state index contributed by atoms with van der Waals surface area (Å²) in [5.41, 5.74) is 5.80. The maximum Gasteiger partial charge on any atom is 0.270 e. The first-order valence-electron chi connectivity index (χ1n) is 9.48. The summed E-state index contributed by atoms with van der Waals surface area (Å²) in [5, 5.41) is 4.30. The monoisotopic (exact) mass is 360 g/mol. The zero-order chi connectivity index (χ0) is 18.8. The predicted molar refractivity (Wildman–Crippen MR) is 108 cm³/mol. The van der Waals surface area contributed by atoms with E-state index in [1.807, 2.05) is 48.0 Å². The molecule has 3 heterocycles. The molecule has 0 bridgehead atoms. The third-order valence-corrected chi connectivity index (χ3v) is 4.90. The largest absolute Gasteiger partial charge is 0.361 e. The lowest BCUT2D eigenvalue weighted by molar-refractivity contribution is 0.0947. The number of rotatable bonds is 6. The van der Waals surface area contributed by atoms with Gasteiger partial charge in [0, 0.05) is 29.8 Å². The molecule has 3 aromatic heterocycles. The van der Waals surface area contributed by atoms with Gasteiger partial charge in [0.2, 0.25) is 0 Å². The van der Waals surface area contributed by atoms with Gasteiger partial charge in [0.25, 0.3) is 5.91 Å². The van der Waals surface area contributed by atoms with Crippen molar-refractivity contribution in [2.75, 3.05) is 6.54 Å². The first-order chi connectivity index (χ1) is 13.2. The average Bonchev–Trinajstić information content (AvgIpc) is 3.23. The van der Waals surface area contributed by atoms with Crippen LogP contribution in [0, 0.1) is 6.92 Å². The number of pyridine rings is 1. The summed E-state index contributed by atoms with van der Waals surface area (Å²) in [5.74, 6) is -0.0589. The minimum Gasteiger partial charge on any atom is -0.361 e. The SMILES string of the molecule is CCCc1nc2ccc(C)cn2c1C(=O)NCCc1c[nH]c2ccccc12. The van der Waals surface area contributed by atoms with Crippen LogP contribution >= 0.6 is 0 Å². The summed E-state index contributed by atoms with van der Waals surface area (Å²) in [7, 11) is 0. The van der Waals surface area contributed by atoms with Crippen molar-refractivity contribution in [3.8, 4) is 0 Å². The van der Waals surface area contributed by atoms with Crippen LogP contribution in [0.2, 0.25) is 0 Å². The number of carbonyl (C=O) groups excluding carboxylic acids is 1. The van der Waals surface area contributed by atoms with Crippen LogP contribution in [0.3, 0.4) is 0 Å². The van der Waals surface area contributed by atoms with Gasteiger partial charge in [-0.1, -0.05) is 37.6 Å². The number of aromatic nitrogens is 3. The molecule has 1 amide bonds. The topological polar surface area (TPSA) is 62.2 Å². The minimum absolute atomic E-state index is 0.0589. The van der Waals surface area contributed by atoms with E-state index in [0.717, 1.165) is 41.7 Å². The van der Waals surface area contributed by atoms with Crippen molar-refractivity contribution in [1.29, 1.82) is 0 Å². The van der Waals surface area contributed by atoms with E-state index < -0.39 is 0 Å². The Kier molecular flexibility index (Phi) is 4.67. The van der Waals surface area contributed by atoms with Gasteiger partial charge in [0.15, 0.2) is 0 Å². The normalized spacial score (nSPS) is 11.3. The molecule has 0 aliphatic rings. The van der Waals surface area contributed by atoms with Gasteiger partial charge in [-0.05, 0) is 43.0 Å². The van der Waals surface area contributed by atoms with Crippen LogP contribution in [-0.4, -0.2) is 26.8 Å². The van der Waals surface area contributed by atoms with Gasteiger partial charge < -0.3 is 10.3 Å². The fourth-order valence-corrected chi connectivity index (χ4v) is 3.58. The number of H-pyrrole nitrogens is 1. The molecule has 0 saturated carbocycles. The Morgan fingerprint density at radius 2 is 2.04 bits per heavy atom. The molecule has 0 spiro atoms. The standard InChI is InChI=1S/C22H24N4O/c1-3-6-19-21(26-14-15(2)9-10-20(26)25-19)22(27)23-12-11-16-13-24-18-8-5-4-7-17(16)18/h4-5,7-10,13-14,24H,3,6,11-12H2,1-2H3,(H,23,27). The summed E-state index contributed by atoms with van der Waals surface area (Å²) in [6.07, 6.45) is 6.55. The predicted octanol–water partition coefficient (Wildman–Crippen LogP) is 4.05. The van der Waals surface area contributed by atoms with E-state index in [4.69, 9.17) is 0 Å². The molecule has 5 nitrogen and oxygen atoms in total. The van der Waals surface area contributed by atoms with Gasteiger partial charge in [0.1, 0.15) is 11.3 Å². The lowest BCUT2D eigenvalue weighted by Gasteiger charge is -2.07. The van der Waals surface area contributed by atoms with E-state index in [0.29, 0.717) is 12.2 Å². The van der Waals surface area contributed by atoms with Gasteiger partial charge in [-0.2, -0.15) is 0 Å². The van der Waals surface area contributed by atoms with Crippen LogP contribution in [0.25, 0.3) is 16.6 Å². The van der Waals surface area contributed by atoms with E-state index >= 15 is 0 Å². The molecule has 0 unspecified atom stereocenters. The molecule has 0 aliphatic carbocycles. The van der Waals surface area contributed by atoms with E-state index in [-0.39, 0.29) is 5.91 Å². The first-order valence-corrected chi connectivity index (χ1v) is 9.48. The lowest BCUT2D eigenvalue weighted by atomic mass is 10.1. The highest BCUT2D eigenvalue weighted by Crippen LogP contribution is 2.18. The summed E-state index contributed by atoms with van der Waals surface area (Å²) < 4.78 is 1.92. The zero-order valence-electron chi connectivity index (χ0n) is 15.7.